The molecule has 11 heteroatoms. The number of esters is 2. The Morgan fingerprint density at radius 1 is 1.02 bits per heavy atom. The van der Waals surface area contributed by atoms with Crippen LogP contribution in [0.25, 0.3) is 0 Å². The maximum Gasteiger partial charge on any atom is 0.408 e. The van der Waals surface area contributed by atoms with Crippen molar-refractivity contribution >= 4 is 23.9 Å². The summed E-state index contributed by atoms with van der Waals surface area (Å²) in [6.07, 6.45) is 1.12. The highest BCUT2D eigenvalue weighted by Crippen LogP contribution is 2.24. The number of benzene rings is 1. The summed E-state index contributed by atoms with van der Waals surface area (Å²) in [6, 6.07) is 6.22. The van der Waals surface area contributed by atoms with Gasteiger partial charge in [0, 0.05) is 19.1 Å². The SMILES string of the molecule is COC(=O)[C@H](C)NC[C@@H](N[C@@H](CC(C)C)C(=O)N1CCC[C@H]1C(=O)OC)[C@@H](NC(=O)OC(C)(C)C)c1ccccc1. The van der Waals surface area contributed by atoms with Gasteiger partial charge < -0.3 is 29.7 Å². The molecule has 5 atom stereocenters. The quantitative estimate of drug-likeness (QED) is 0.239. The average Bonchev–Trinajstić information content (AvgIpc) is 3.41. The number of nitrogens with one attached hydrogen (secondary N) is 3. The lowest BCUT2D eigenvalue weighted by Gasteiger charge is -2.36. The molecule has 2 rings (SSSR count). The third-order valence-corrected chi connectivity index (χ3v) is 6.86. The average molecular weight is 577 g/mol. The number of carbonyl (C=O) groups is 4. The molecule has 1 saturated heterocycles. The van der Waals surface area contributed by atoms with Crippen LogP contribution < -0.4 is 16.0 Å². The van der Waals surface area contributed by atoms with Gasteiger partial charge in [-0.1, -0.05) is 44.2 Å². The van der Waals surface area contributed by atoms with Crippen molar-refractivity contribution < 1.29 is 33.4 Å². The van der Waals surface area contributed by atoms with Crippen LogP contribution in [0.1, 0.15) is 72.4 Å². The molecule has 1 fully saturated rings. The van der Waals surface area contributed by atoms with Gasteiger partial charge in [-0.2, -0.15) is 0 Å². The van der Waals surface area contributed by atoms with Crippen LogP contribution >= 0.6 is 0 Å². The fourth-order valence-corrected chi connectivity index (χ4v) is 4.93. The van der Waals surface area contributed by atoms with E-state index in [2.05, 4.69) is 16.0 Å². The number of likely N-dealkylation sites (tertiary alicyclic amines) is 1. The third kappa shape index (κ3) is 10.6. The van der Waals surface area contributed by atoms with E-state index >= 15 is 0 Å². The number of nitrogens with zero attached hydrogens (tertiary/aromatic N) is 1. The normalized spacial score (nSPS) is 18.3. The summed E-state index contributed by atoms with van der Waals surface area (Å²) in [5.74, 6) is -0.931. The second kappa shape index (κ2) is 15.7. The predicted molar refractivity (Wildman–Crippen MR) is 155 cm³/mol. The highest BCUT2D eigenvalue weighted by Gasteiger charge is 2.39. The van der Waals surface area contributed by atoms with Crippen LogP contribution in [0.15, 0.2) is 30.3 Å². The molecule has 0 aliphatic carbocycles. The molecule has 41 heavy (non-hydrogen) atoms. The number of amides is 2. The molecule has 11 nitrogen and oxygen atoms in total. The van der Waals surface area contributed by atoms with Crippen molar-refractivity contribution in [3.63, 3.8) is 0 Å². The number of hydrogen-bond donors (Lipinski definition) is 3. The number of rotatable bonds is 13. The summed E-state index contributed by atoms with van der Waals surface area (Å²) < 4.78 is 15.4. The Morgan fingerprint density at radius 2 is 1.68 bits per heavy atom. The summed E-state index contributed by atoms with van der Waals surface area (Å²) in [6.45, 7) is 11.7. The molecule has 2 amide bonds. The molecule has 1 aromatic carbocycles. The third-order valence-electron chi connectivity index (χ3n) is 6.86. The first-order chi connectivity index (χ1) is 19.3. The summed E-state index contributed by atoms with van der Waals surface area (Å²) >= 11 is 0. The van der Waals surface area contributed by atoms with Crippen LogP contribution in [0.3, 0.4) is 0 Å². The fraction of sp³-hybridized carbons (Fsp3) is 0.667. The first-order valence-corrected chi connectivity index (χ1v) is 14.3. The van der Waals surface area contributed by atoms with Crippen molar-refractivity contribution in [1.29, 1.82) is 0 Å². The lowest BCUT2D eigenvalue weighted by atomic mass is 9.95. The summed E-state index contributed by atoms with van der Waals surface area (Å²) in [5.41, 5.74) is 0.0634. The van der Waals surface area contributed by atoms with E-state index in [4.69, 9.17) is 14.2 Å². The lowest BCUT2D eigenvalue weighted by molar-refractivity contribution is -0.151. The molecule has 0 aromatic heterocycles. The van der Waals surface area contributed by atoms with E-state index in [1.807, 2.05) is 44.2 Å². The Bertz CT molecular complexity index is 1010. The monoisotopic (exact) mass is 576 g/mol. The number of hydrogen-bond acceptors (Lipinski definition) is 9. The zero-order chi connectivity index (χ0) is 30.7. The Labute approximate surface area is 244 Å². The van der Waals surface area contributed by atoms with Crippen molar-refractivity contribution in [1.82, 2.24) is 20.9 Å². The lowest BCUT2D eigenvalue weighted by Crippen LogP contribution is -2.59. The number of ether oxygens (including phenoxy) is 3. The van der Waals surface area contributed by atoms with Gasteiger partial charge in [-0.3, -0.25) is 14.9 Å². The molecular formula is C30H48N4O7. The molecule has 0 radical (unpaired) electrons. The standard InChI is InChI=1S/C30H48N4O7/c1-19(2)17-22(26(35)34-16-12-15-24(34)28(37)40-8)32-23(18-31-20(3)27(36)39-7)25(21-13-10-9-11-14-21)33-29(38)41-30(4,5)6/h9-11,13-14,19-20,22-25,31-32H,12,15-18H2,1-8H3,(H,33,38)/t20-,22-,23+,24-,25-/m0/s1. The van der Waals surface area contributed by atoms with Gasteiger partial charge >= 0.3 is 18.0 Å². The minimum absolute atomic E-state index is 0.146. The minimum Gasteiger partial charge on any atom is -0.468 e. The van der Waals surface area contributed by atoms with Crippen molar-refractivity contribution in [3.05, 3.63) is 35.9 Å². The van der Waals surface area contributed by atoms with E-state index in [1.54, 1.807) is 32.6 Å². The van der Waals surface area contributed by atoms with E-state index in [0.717, 1.165) is 5.56 Å². The first kappa shape index (κ1) is 34.0. The maximum atomic E-state index is 14.0. The van der Waals surface area contributed by atoms with E-state index in [-0.39, 0.29) is 18.4 Å². The highest BCUT2D eigenvalue weighted by molar-refractivity contribution is 5.88. The molecule has 3 N–H and O–H groups in total. The number of alkyl carbamates (subject to hydrolysis) is 1. The molecule has 0 spiro atoms. The van der Waals surface area contributed by atoms with Crippen molar-refractivity contribution in [3.8, 4) is 0 Å². The van der Waals surface area contributed by atoms with Crippen molar-refractivity contribution in [2.45, 2.75) is 96.6 Å². The van der Waals surface area contributed by atoms with Crippen molar-refractivity contribution in [2.24, 2.45) is 5.92 Å². The van der Waals surface area contributed by atoms with Gasteiger partial charge in [0.25, 0.3) is 0 Å². The van der Waals surface area contributed by atoms with Gasteiger partial charge in [-0.05, 0) is 58.4 Å². The van der Waals surface area contributed by atoms with Crippen LogP contribution in [-0.2, 0) is 28.6 Å². The Balaban J connectivity index is 2.48. The largest absolute Gasteiger partial charge is 0.468 e. The molecule has 230 valence electrons. The van der Waals surface area contributed by atoms with Gasteiger partial charge in [-0.15, -0.1) is 0 Å². The van der Waals surface area contributed by atoms with Crippen LogP contribution in [-0.4, -0.2) is 85.9 Å². The molecule has 0 unspecified atom stereocenters. The smallest absolute Gasteiger partial charge is 0.408 e. The first-order valence-electron chi connectivity index (χ1n) is 14.3. The van der Waals surface area contributed by atoms with Gasteiger partial charge in [0.2, 0.25) is 5.91 Å². The van der Waals surface area contributed by atoms with E-state index in [0.29, 0.717) is 25.8 Å². The topological polar surface area (TPSA) is 135 Å². The molecule has 1 aromatic rings. The van der Waals surface area contributed by atoms with Gasteiger partial charge in [-0.25, -0.2) is 9.59 Å². The highest BCUT2D eigenvalue weighted by atomic mass is 16.6. The predicted octanol–water partition coefficient (Wildman–Crippen LogP) is 2.94. The van der Waals surface area contributed by atoms with Crippen LogP contribution in [0.4, 0.5) is 4.79 Å². The van der Waals surface area contributed by atoms with Gasteiger partial charge in [0.15, 0.2) is 0 Å². The van der Waals surface area contributed by atoms with Crippen molar-refractivity contribution in [2.75, 3.05) is 27.3 Å². The van der Waals surface area contributed by atoms with E-state index < -0.39 is 53.8 Å². The zero-order valence-electron chi connectivity index (χ0n) is 25.7. The molecule has 0 saturated carbocycles. The molecule has 1 aliphatic rings. The molecule has 1 aliphatic heterocycles. The second-order valence-corrected chi connectivity index (χ2v) is 11.9. The molecular weight excluding hydrogens is 528 g/mol. The molecule has 1 heterocycles. The summed E-state index contributed by atoms with van der Waals surface area (Å²) in [5, 5.41) is 9.65. The Morgan fingerprint density at radius 3 is 2.24 bits per heavy atom. The Kier molecular flexibility index (Phi) is 13.0. The van der Waals surface area contributed by atoms with E-state index in [1.165, 1.54) is 14.2 Å². The second-order valence-electron chi connectivity index (χ2n) is 11.9. The summed E-state index contributed by atoms with van der Waals surface area (Å²) in [7, 11) is 2.64. The number of methoxy groups -OCH3 is 2. The summed E-state index contributed by atoms with van der Waals surface area (Å²) in [4.78, 5) is 53.2. The van der Waals surface area contributed by atoms with Crippen LogP contribution in [0.5, 0.6) is 0 Å². The number of carbonyl (C=O) groups excluding carboxylic acids is 4. The maximum absolute atomic E-state index is 14.0. The minimum atomic E-state index is -0.722. The van der Waals surface area contributed by atoms with E-state index in [9.17, 15) is 19.2 Å². The van der Waals surface area contributed by atoms with Crippen LogP contribution in [0, 0.1) is 5.92 Å². The fourth-order valence-electron chi connectivity index (χ4n) is 4.93. The van der Waals surface area contributed by atoms with Crippen LogP contribution in [0.2, 0.25) is 0 Å². The molecule has 0 bridgehead atoms. The Hall–Kier alpha value is -3.18. The zero-order valence-corrected chi connectivity index (χ0v) is 25.7. The van der Waals surface area contributed by atoms with Gasteiger partial charge in [0.1, 0.15) is 17.7 Å². The van der Waals surface area contributed by atoms with Gasteiger partial charge in [0.05, 0.1) is 26.3 Å².